The molecule has 0 aromatic heterocycles. The van der Waals surface area contributed by atoms with Crippen LogP contribution in [0.1, 0.15) is 10.4 Å². The molecule has 112 valence electrons. The highest BCUT2D eigenvalue weighted by atomic mass is 16.1. The van der Waals surface area contributed by atoms with Crippen LogP contribution >= 0.6 is 0 Å². The first-order valence-electron chi connectivity index (χ1n) is 8.06. The zero-order valence-electron chi connectivity index (χ0n) is 13.0. The molecular formula is C23H14O. The van der Waals surface area contributed by atoms with Gasteiger partial charge < -0.3 is 0 Å². The molecule has 24 heavy (non-hydrogen) atoms. The van der Waals surface area contributed by atoms with Crippen LogP contribution in [0, 0.1) is 0 Å². The molecule has 0 saturated heterocycles. The lowest BCUT2D eigenvalue weighted by atomic mass is 9.96. The van der Waals surface area contributed by atoms with Crippen LogP contribution in [-0.2, 0) is 0 Å². The number of hydrogen-bond acceptors (Lipinski definition) is 1. The Kier molecular flexibility index (Phi) is 2.71. The van der Waals surface area contributed by atoms with Crippen LogP contribution in [0.4, 0.5) is 0 Å². The van der Waals surface area contributed by atoms with E-state index in [0.29, 0.717) is 0 Å². The number of carbonyl (C=O) groups is 1. The Morgan fingerprint density at radius 1 is 0.500 bits per heavy atom. The van der Waals surface area contributed by atoms with Gasteiger partial charge in [0.25, 0.3) is 0 Å². The Morgan fingerprint density at radius 2 is 1.00 bits per heavy atom. The van der Waals surface area contributed by atoms with E-state index in [4.69, 9.17) is 0 Å². The summed E-state index contributed by atoms with van der Waals surface area (Å²) in [6.07, 6.45) is 0.933. The van der Waals surface area contributed by atoms with Crippen molar-refractivity contribution in [2.24, 2.45) is 0 Å². The minimum Gasteiger partial charge on any atom is -0.298 e. The summed E-state index contributed by atoms with van der Waals surface area (Å²) in [5.74, 6) is 0. The Labute approximate surface area is 139 Å². The molecule has 1 nitrogen and oxygen atoms in total. The van der Waals surface area contributed by atoms with E-state index >= 15 is 0 Å². The van der Waals surface area contributed by atoms with Crippen molar-refractivity contribution in [1.82, 2.24) is 0 Å². The fourth-order valence-electron chi connectivity index (χ4n) is 3.60. The average molecular weight is 306 g/mol. The quantitative estimate of drug-likeness (QED) is 0.270. The molecule has 0 bridgehead atoms. The summed E-state index contributed by atoms with van der Waals surface area (Å²) in [6.45, 7) is 0. The van der Waals surface area contributed by atoms with Gasteiger partial charge in [0, 0.05) is 5.56 Å². The summed E-state index contributed by atoms with van der Waals surface area (Å²) < 4.78 is 0. The fraction of sp³-hybridized carbons (Fsp3) is 0. The smallest absolute Gasteiger partial charge is 0.150 e. The van der Waals surface area contributed by atoms with Crippen molar-refractivity contribution in [3.8, 4) is 0 Å². The van der Waals surface area contributed by atoms with E-state index < -0.39 is 0 Å². The largest absolute Gasteiger partial charge is 0.298 e. The standard InChI is InChI=1S/C23H14O/c24-14-18-7-3-6-17-10-21-11-19-8-15-4-1-2-5-16(15)9-20(19)12-22(21)13-23(17)18/h1-14H. The van der Waals surface area contributed by atoms with Crippen molar-refractivity contribution in [2.45, 2.75) is 0 Å². The molecule has 5 aromatic carbocycles. The normalized spacial score (nSPS) is 11.5. The van der Waals surface area contributed by atoms with Gasteiger partial charge >= 0.3 is 0 Å². The van der Waals surface area contributed by atoms with Crippen molar-refractivity contribution in [1.29, 1.82) is 0 Å². The summed E-state index contributed by atoms with van der Waals surface area (Å²) >= 11 is 0. The van der Waals surface area contributed by atoms with Gasteiger partial charge in [-0.3, -0.25) is 4.79 Å². The molecule has 0 amide bonds. The molecule has 0 spiro atoms. The highest BCUT2D eigenvalue weighted by Crippen LogP contribution is 2.30. The first-order chi connectivity index (χ1) is 11.8. The molecule has 0 saturated carbocycles. The predicted molar refractivity (Wildman–Crippen MR) is 102 cm³/mol. The number of hydrogen-bond donors (Lipinski definition) is 0. The predicted octanol–water partition coefficient (Wildman–Crippen LogP) is 6.11. The van der Waals surface area contributed by atoms with Gasteiger partial charge in [0.05, 0.1) is 0 Å². The first kappa shape index (κ1) is 13.3. The average Bonchev–Trinajstić information content (AvgIpc) is 2.62. The minimum atomic E-state index is 0.744. The van der Waals surface area contributed by atoms with Gasteiger partial charge in [-0.1, -0.05) is 42.5 Å². The van der Waals surface area contributed by atoms with E-state index in [1.165, 1.54) is 32.3 Å². The molecule has 0 radical (unpaired) electrons. The molecule has 0 aliphatic heterocycles. The van der Waals surface area contributed by atoms with Gasteiger partial charge in [-0.05, 0) is 79.5 Å². The van der Waals surface area contributed by atoms with E-state index in [0.717, 1.165) is 22.6 Å². The van der Waals surface area contributed by atoms with Crippen LogP contribution in [-0.4, -0.2) is 6.29 Å². The van der Waals surface area contributed by atoms with E-state index in [-0.39, 0.29) is 0 Å². The van der Waals surface area contributed by atoms with E-state index in [1.54, 1.807) is 0 Å². The molecule has 0 fully saturated rings. The lowest BCUT2D eigenvalue weighted by molar-refractivity contribution is 0.112. The van der Waals surface area contributed by atoms with E-state index in [1.807, 2.05) is 12.1 Å². The van der Waals surface area contributed by atoms with Gasteiger partial charge in [-0.25, -0.2) is 0 Å². The third-order valence-electron chi connectivity index (χ3n) is 4.82. The van der Waals surface area contributed by atoms with Crippen LogP contribution in [0.3, 0.4) is 0 Å². The third kappa shape index (κ3) is 1.92. The molecular weight excluding hydrogens is 292 g/mol. The van der Waals surface area contributed by atoms with Gasteiger partial charge in [-0.2, -0.15) is 0 Å². The van der Waals surface area contributed by atoms with Crippen LogP contribution < -0.4 is 0 Å². The Hall–Kier alpha value is -3.19. The van der Waals surface area contributed by atoms with Crippen molar-refractivity contribution in [3.05, 3.63) is 84.4 Å². The molecule has 0 atom stereocenters. The third-order valence-corrected chi connectivity index (χ3v) is 4.82. The molecule has 5 rings (SSSR count). The molecule has 0 heterocycles. The molecule has 0 unspecified atom stereocenters. The monoisotopic (exact) mass is 306 g/mol. The van der Waals surface area contributed by atoms with E-state index in [2.05, 4.69) is 66.7 Å². The van der Waals surface area contributed by atoms with Crippen molar-refractivity contribution in [2.75, 3.05) is 0 Å². The zero-order chi connectivity index (χ0) is 16.1. The van der Waals surface area contributed by atoms with Crippen LogP contribution in [0.2, 0.25) is 0 Å². The minimum absolute atomic E-state index is 0.744. The Morgan fingerprint density at radius 3 is 1.62 bits per heavy atom. The second-order valence-electron chi connectivity index (χ2n) is 6.28. The highest BCUT2D eigenvalue weighted by molar-refractivity contribution is 6.10. The second-order valence-corrected chi connectivity index (χ2v) is 6.28. The summed E-state index contributed by atoms with van der Waals surface area (Å²) in [4.78, 5) is 11.3. The van der Waals surface area contributed by atoms with Crippen molar-refractivity contribution in [3.63, 3.8) is 0 Å². The Balaban J connectivity index is 1.91. The zero-order valence-corrected chi connectivity index (χ0v) is 13.0. The summed E-state index contributed by atoms with van der Waals surface area (Å²) in [6, 6.07) is 27.5. The summed E-state index contributed by atoms with van der Waals surface area (Å²) in [7, 11) is 0. The second kappa shape index (κ2) is 4.90. The van der Waals surface area contributed by atoms with Crippen LogP contribution in [0.5, 0.6) is 0 Å². The van der Waals surface area contributed by atoms with Gasteiger partial charge in [-0.15, -0.1) is 0 Å². The molecule has 0 aliphatic rings. The van der Waals surface area contributed by atoms with Crippen LogP contribution in [0.25, 0.3) is 43.1 Å². The van der Waals surface area contributed by atoms with E-state index in [9.17, 15) is 4.79 Å². The first-order valence-corrected chi connectivity index (χ1v) is 8.06. The fourth-order valence-corrected chi connectivity index (χ4v) is 3.60. The summed E-state index contributed by atoms with van der Waals surface area (Å²) in [5, 5.41) is 9.46. The molecule has 1 heteroatoms. The number of rotatable bonds is 1. The maximum atomic E-state index is 11.3. The lowest BCUT2D eigenvalue weighted by Crippen LogP contribution is -1.85. The van der Waals surface area contributed by atoms with Gasteiger partial charge in [0.15, 0.2) is 6.29 Å². The van der Waals surface area contributed by atoms with Crippen molar-refractivity contribution >= 4 is 49.4 Å². The SMILES string of the molecule is O=Cc1cccc2cc3cc4cc5ccccc5cc4cc3cc12. The summed E-state index contributed by atoms with van der Waals surface area (Å²) in [5.41, 5.74) is 0.744. The lowest BCUT2D eigenvalue weighted by Gasteiger charge is -2.08. The number of benzene rings is 5. The molecule has 0 N–H and O–H groups in total. The number of aldehydes is 1. The molecule has 0 aliphatic carbocycles. The van der Waals surface area contributed by atoms with Gasteiger partial charge in [0.2, 0.25) is 0 Å². The maximum absolute atomic E-state index is 11.3. The highest BCUT2D eigenvalue weighted by Gasteiger charge is 2.05. The molecule has 5 aromatic rings. The van der Waals surface area contributed by atoms with Crippen molar-refractivity contribution < 1.29 is 4.79 Å². The maximum Gasteiger partial charge on any atom is 0.150 e. The number of fused-ring (bicyclic) bond motifs is 4. The van der Waals surface area contributed by atoms with Gasteiger partial charge in [0.1, 0.15) is 0 Å². The topological polar surface area (TPSA) is 17.1 Å². The Bertz CT molecular complexity index is 1270. The number of carbonyl (C=O) groups excluding carboxylic acids is 1. The van der Waals surface area contributed by atoms with Crippen LogP contribution in [0.15, 0.2) is 78.9 Å².